The predicted molar refractivity (Wildman–Crippen MR) is 91.1 cm³/mol. The normalized spacial score (nSPS) is 10.6. The van der Waals surface area contributed by atoms with Gasteiger partial charge in [-0.05, 0) is 24.3 Å². The van der Waals surface area contributed by atoms with Crippen LogP contribution in [0.3, 0.4) is 0 Å². The summed E-state index contributed by atoms with van der Waals surface area (Å²) in [5, 5.41) is 9.04. The maximum absolute atomic E-state index is 11.0. The summed E-state index contributed by atoms with van der Waals surface area (Å²) >= 11 is 1.26. The summed E-state index contributed by atoms with van der Waals surface area (Å²) in [5.74, 6) is 1.07. The Hall–Kier alpha value is -2.80. The molecule has 0 saturated heterocycles. The van der Waals surface area contributed by atoms with Gasteiger partial charge < -0.3 is 19.1 Å². The highest BCUT2D eigenvalue weighted by atomic mass is 32.1. The van der Waals surface area contributed by atoms with Gasteiger partial charge in [0, 0.05) is 17.3 Å². The second kappa shape index (κ2) is 6.76. The van der Waals surface area contributed by atoms with Crippen molar-refractivity contribution in [3.8, 4) is 22.9 Å². The second-order valence-corrected chi connectivity index (χ2v) is 6.16. The first-order valence-corrected chi connectivity index (χ1v) is 8.00. The molecule has 1 aromatic carbocycles. The van der Waals surface area contributed by atoms with Crippen molar-refractivity contribution in [1.29, 1.82) is 0 Å². The van der Waals surface area contributed by atoms with Crippen LogP contribution < -0.4 is 9.47 Å². The molecule has 3 aromatic rings. The van der Waals surface area contributed by atoms with Crippen LogP contribution in [0.1, 0.15) is 14.5 Å². The maximum Gasteiger partial charge on any atom is 0.345 e. The predicted octanol–water partition coefficient (Wildman–Crippen LogP) is 3.38. The fourth-order valence-electron chi connectivity index (χ4n) is 2.49. The van der Waals surface area contributed by atoms with E-state index in [1.807, 2.05) is 35.0 Å². The average molecular weight is 344 g/mol. The van der Waals surface area contributed by atoms with Crippen molar-refractivity contribution in [2.45, 2.75) is 6.54 Å². The Morgan fingerprint density at radius 2 is 2.08 bits per heavy atom. The Morgan fingerprint density at radius 3 is 2.75 bits per heavy atom. The third kappa shape index (κ3) is 2.98. The van der Waals surface area contributed by atoms with Crippen molar-refractivity contribution in [1.82, 2.24) is 9.55 Å². The summed E-state index contributed by atoms with van der Waals surface area (Å²) in [5.41, 5.74) is 0.817. The molecule has 2 heterocycles. The summed E-state index contributed by atoms with van der Waals surface area (Å²) in [7, 11) is 3.18. The van der Waals surface area contributed by atoms with Gasteiger partial charge in [-0.15, -0.1) is 11.3 Å². The Morgan fingerprint density at radius 1 is 1.25 bits per heavy atom. The number of imidazole rings is 1. The summed E-state index contributed by atoms with van der Waals surface area (Å²) < 4.78 is 12.8. The molecule has 0 unspecified atom stereocenters. The molecule has 0 radical (unpaired) electrons. The molecule has 1 N–H and O–H groups in total. The van der Waals surface area contributed by atoms with Gasteiger partial charge in [-0.3, -0.25) is 0 Å². The summed E-state index contributed by atoms with van der Waals surface area (Å²) in [4.78, 5) is 16.7. The van der Waals surface area contributed by atoms with Gasteiger partial charge >= 0.3 is 5.97 Å². The number of carboxylic acids is 1. The van der Waals surface area contributed by atoms with Crippen molar-refractivity contribution in [3.05, 3.63) is 52.5 Å². The molecule has 7 heteroatoms. The number of benzene rings is 1. The largest absolute Gasteiger partial charge is 0.493 e. The van der Waals surface area contributed by atoms with E-state index in [0.717, 1.165) is 16.3 Å². The third-order valence-corrected chi connectivity index (χ3v) is 4.62. The third-order valence-electron chi connectivity index (χ3n) is 3.56. The van der Waals surface area contributed by atoms with E-state index in [-0.39, 0.29) is 0 Å². The fourth-order valence-corrected chi connectivity index (χ4v) is 3.34. The molecule has 0 aliphatic carbocycles. The van der Waals surface area contributed by atoms with E-state index in [1.165, 1.54) is 11.3 Å². The first-order chi connectivity index (χ1) is 11.6. The van der Waals surface area contributed by atoms with Crippen molar-refractivity contribution in [2.24, 2.45) is 0 Å². The number of hydrogen-bond donors (Lipinski definition) is 1. The maximum atomic E-state index is 11.0. The summed E-state index contributed by atoms with van der Waals surface area (Å²) in [6.07, 6.45) is 3.56. The SMILES string of the molecule is COc1cccc(-c2nccn2Cc2ccc(C(=O)O)s2)c1OC. The second-order valence-electron chi connectivity index (χ2n) is 4.99. The molecule has 0 saturated carbocycles. The molecular weight excluding hydrogens is 328 g/mol. The van der Waals surface area contributed by atoms with Crippen LogP contribution in [0.25, 0.3) is 11.4 Å². The topological polar surface area (TPSA) is 73.6 Å². The monoisotopic (exact) mass is 344 g/mol. The van der Waals surface area contributed by atoms with Crippen LogP contribution in [0.2, 0.25) is 0 Å². The van der Waals surface area contributed by atoms with Crippen LogP contribution in [-0.2, 0) is 6.54 Å². The lowest BCUT2D eigenvalue weighted by Crippen LogP contribution is -2.01. The van der Waals surface area contributed by atoms with Gasteiger partial charge in [0.05, 0.1) is 26.3 Å². The molecule has 2 aromatic heterocycles. The number of thiophene rings is 1. The van der Waals surface area contributed by atoms with E-state index >= 15 is 0 Å². The van der Waals surface area contributed by atoms with Crippen LogP contribution in [-0.4, -0.2) is 34.8 Å². The van der Waals surface area contributed by atoms with Crippen LogP contribution in [0.15, 0.2) is 42.7 Å². The highest BCUT2D eigenvalue weighted by Gasteiger charge is 2.16. The highest BCUT2D eigenvalue weighted by Crippen LogP contribution is 2.37. The molecule has 0 fully saturated rings. The van der Waals surface area contributed by atoms with Gasteiger partial charge in [0.2, 0.25) is 0 Å². The van der Waals surface area contributed by atoms with Crippen LogP contribution in [0.5, 0.6) is 11.5 Å². The van der Waals surface area contributed by atoms with E-state index in [1.54, 1.807) is 26.5 Å². The number of para-hydroxylation sites is 1. The minimum Gasteiger partial charge on any atom is -0.493 e. The van der Waals surface area contributed by atoms with E-state index in [2.05, 4.69) is 4.98 Å². The van der Waals surface area contributed by atoms with Crippen LogP contribution in [0, 0.1) is 0 Å². The standard InChI is InChI=1S/C17H16N2O4S/c1-22-13-5-3-4-12(15(13)23-2)16-18-8-9-19(16)10-11-6-7-14(24-11)17(20)21/h3-9H,10H2,1-2H3,(H,20,21). The summed E-state index contributed by atoms with van der Waals surface area (Å²) in [6, 6.07) is 9.06. The lowest BCUT2D eigenvalue weighted by Gasteiger charge is -2.13. The van der Waals surface area contributed by atoms with Crippen LogP contribution >= 0.6 is 11.3 Å². The Labute approximate surface area is 142 Å². The molecule has 0 spiro atoms. The molecule has 0 amide bonds. The lowest BCUT2D eigenvalue weighted by atomic mass is 10.1. The first-order valence-electron chi connectivity index (χ1n) is 7.18. The zero-order valence-electron chi connectivity index (χ0n) is 13.2. The Bertz CT molecular complexity index is 869. The van der Waals surface area contributed by atoms with E-state index < -0.39 is 5.97 Å². The van der Waals surface area contributed by atoms with E-state index in [4.69, 9.17) is 14.6 Å². The quantitative estimate of drug-likeness (QED) is 0.742. The number of hydrogen-bond acceptors (Lipinski definition) is 5. The average Bonchev–Trinajstić information content (AvgIpc) is 3.24. The van der Waals surface area contributed by atoms with Crippen molar-refractivity contribution in [2.75, 3.05) is 14.2 Å². The number of methoxy groups -OCH3 is 2. The van der Waals surface area contributed by atoms with E-state index in [9.17, 15) is 4.79 Å². The fraction of sp³-hybridized carbons (Fsp3) is 0.176. The zero-order chi connectivity index (χ0) is 17.1. The molecule has 0 bridgehead atoms. The molecule has 24 heavy (non-hydrogen) atoms. The Balaban J connectivity index is 1.97. The molecular formula is C17H16N2O4S. The number of rotatable bonds is 6. The van der Waals surface area contributed by atoms with E-state index in [0.29, 0.717) is 22.9 Å². The number of aromatic carboxylic acids is 1. The molecule has 0 atom stereocenters. The van der Waals surface area contributed by atoms with Crippen molar-refractivity contribution in [3.63, 3.8) is 0 Å². The zero-order valence-corrected chi connectivity index (χ0v) is 14.0. The van der Waals surface area contributed by atoms with Gasteiger partial charge in [-0.1, -0.05) is 6.07 Å². The number of ether oxygens (including phenoxy) is 2. The molecule has 6 nitrogen and oxygen atoms in total. The van der Waals surface area contributed by atoms with Gasteiger partial charge in [0.25, 0.3) is 0 Å². The first kappa shape index (κ1) is 16.1. The highest BCUT2D eigenvalue weighted by molar-refractivity contribution is 7.13. The lowest BCUT2D eigenvalue weighted by molar-refractivity contribution is 0.0702. The smallest absolute Gasteiger partial charge is 0.345 e. The Kier molecular flexibility index (Phi) is 4.52. The van der Waals surface area contributed by atoms with Crippen molar-refractivity contribution < 1.29 is 19.4 Å². The van der Waals surface area contributed by atoms with Crippen molar-refractivity contribution >= 4 is 17.3 Å². The molecule has 124 valence electrons. The number of aromatic nitrogens is 2. The summed E-state index contributed by atoms with van der Waals surface area (Å²) in [6.45, 7) is 0.535. The minimum atomic E-state index is -0.911. The number of carboxylic acid groups (broad SMARTS) is 1. The molecule has 0 aliphatic rings. The van der Waals surface area contributed by atoms with Gasteiger partial charge in [0.1, 0.15) is 10.7 Å². The number of carbonyl (C=O) groups is 1. The number of nitrogens with zero attached hydrogens (tertiary/aromatic N) is 2. The van der Waals surface area contributed by atoms with Gasteiger partial charge in [0.15, 0.2) is 11.5 Å². The molecule has 3 rings (SSSR count). The van der Waals surface area contributed by atoms with Crippen LogP contribution in [0.4, 0.5) is 0 Å². The molecule has 0 aliphatic heterocycles. The van der Waals surface area contributed by atoms with Gasteiger partial charge in [-0.25, -0.2) is 9.78 Å². The van der Waals surface area contributed by atoms with Gasteiger partial charge in [-0.2, -0.15) is 0 Å². The minimum absolute atomic E-state index is 0.325.